The molecule has 2 nitrogen and oxygen atoms in total. The maximum atomic E-state index is 12.3. The van der Waals surface area contributed by atoms with Crippen LogP contribution in [0.5, 0.6) is 0 Å². The zero-order chi connectivity index (χ0) is 16.2. The van der Waals surface area contributed by atoms with Gasteiger partial charge in [-0.15, -0.1) is 11.8 Å². The van der Waals surface area contributed by atoms with E-state index in [0.29, 0.717) is 10.6 Å². The number of thioether (sulfide) groups is 1. The van der Waals surface area contributed by atoms with E-state index in [2.05, 4.69) is 0 Å². The van der Waals surface area contributed by atoms with E-state index in [0.717, 1.165) is 21.2 Å². The van der Waals surface area contributed by atoms with E-state index in [9.17, 15) is 4.79 Å². The highest BCUT2D eigenvalue weighted by atomic mass is 35.5. The van der Waals surface area contributed by atoms with Crippen LogP contribution in [0.15, 0.2) is 65.6 Å². The van der Waals surface area contributed by atoms with Crippen molar-refractivity contribution in [1.82, 2.24) is 0 Å². The number of halogens is 1. The van der Waals surface area contributed by atoms with Gasteiger partial charge in [-0.1, -0.05) is 54.1 Å². The van der Waals surface area contributed by atoms with Gasteiger partial charge in [0.05, 0.1) is 10.6 Å². The molecule has 0 radical (unpaired) electrons. The van der Waals surface area contributed by atoms with Crippen molar-refractivity contribution >= 4 is 40.1 Å². The molecule has 0 bridgehead atoms. The van der Waals surface area contributed by atoms with Gasteiger partial charge in [0.1, 0.15) is 6.61 Å². The van der Waals surface area contributed by atoms with Gasteiger partial charge in [0.15, 0.2) is 0 Å². The van der Waals surface area contributed by atoms with Crippen LogP contribution in [-0.2, 0) is 11.3 Å². The van der Waals surface area contributed by atoms with Crippen LogP contribution in [0.25, 0.3) is 10.8 Å². The number of hydrogen-bond acceptors (Lipinski definition) is 3. The fourth-order valence-electron chi connectivity index (χ4n) is 2.43. The number of esters is 1. The van der Waals surface area contributed by atoms with Crippen LogP contribution in [0, 0.1) is 0 Å². The summed E-state index contributed by atoms with van der Waals surface area (Å²) in [6.45, 7) is 0.222. The molecule has 0 saturated carbocycles. The van der Waals surface area contributed by atoms with Gasteiger partial charge >= 0.3 is 5.97 Å². The van der Waals surface area contributed by atoms with Gasteiger partial charge in [-0.05, 0) is 40.8 Å². The lowest BCUT2D eigenvalue weighted by Crippen LogP contribution is -2.06. The highest BCUT2D eigenvalue weighted by Crippen LogP contribution is 2.25. The SMILES string of the molecule is CSc1ccc(Cl)c(C(=O)OCc2cccc3ccccc23)c1. The fraction of sp³-hybridized carbons (Fsp3) is 0.105. The number of carbonyl (C=O) groups excluding carboxylic acids is 1. The smallest absolute Gasteiger partial charge is 0.340 e. The summed E-state index contributed by atoms with van der Waals surface area (Å²) in [6, 6.07) is 19.4. The summed E-state index contributed by atoms with van der Waals surface area (Å²) < 4.78 is 5.47. The Bertz CT molecular complexity index is 856. The molecule has 0 unspecified atom stereocenters. The molecule has 0 spiro atoms. The van der Waals surface area contributed by atoms with E-state index in [1.807, 2.05) is 54.8 Å². The summed E-state index contributed by atoms with van der Waals surface area (Å²) in [4.78, 5) is 13.3. The summed E-state index contributed by atoms with van der Waals surface area (Å²) in [7, 11) is 0. The molecule has 0 heterocycles. The minimum atomic E-state index is -0.404. The van der Waals surface area contributed by atoms with Crippen LogP contribution >= 0.6 is 23.4 Å². The second-order valence-electron chi connectivity index (χ2n) is 5.06. The maximum Gasteiger partial charge on any atom is 0.340 e. The zero-order valence-electron chi connectivity index (χ0n) is 12.6. The Morgan fingerprint density at radius 3 is 2.70 bits per heavy atom. The van der Waals surface area contributed by atoms with E-state index >= 15 is 0 Å². The van der Waals surface area contributed by atoms with Crippen LogP contribution in [-0.4, -0.2) is 12.2 Å². The van der Waals surface area contributed by atoms with Crippen molar-refractivity contribution in [3.8, 4) is 0 Å². The predicted molar refractivity (Wildman–Crippen MR) is 96.3 cm³/mol. The molecule has 0 atom stereocenters. The average Bonchev–Trinajstić information content (AvgIpc) is 2.60. The normalized spacial score (nSPS) is 10.7. The first kappa shape index (κ1) is 15.9. The van der Waals surface area contributed by atoms with E-state index < -0.39 is 5.97 Å². The fourth-order valence-corrected chi connectivity index (χ4v) is 3.06. The summed E-state index contributed by atoms with van der Waals surface area (Å²) in [5.74, 6) is -0.404. The number of rotatable bonds is 4. The van der Waals surface area contributed by atoms with Gasteiger partial charge in [-0.25, -0.2) is 4.79 Å². The van der Waals surface area contributed by atoms with Crippen LogP contribution in [0.2, 0.25) is 5.02 Å². The van der Waals surface area contributed by atoms with E-state index in [-0.39, 0.29) is 6.61 Å². The number of ether oxygens (including phenoxy) is 1. The first-order valence-corrected chi connectivity index (χ1v) is 8.76. The third-order valence-electron chi connectivity index (χ3n) is 3.63. The molecule has 0 N–H and O–H groups in total. The van der Waals surface area contributed by atoms with Crippen LogP contribution in [0.4, 0.5) is 0 Å². The lowest BCUT2D eigenvalue weighted by molar-refractivity contribution is 0.0474. The van der Waals surface area contributed by atoms with Gasteiger partial charge in [-0.3, -0.25) is 0 Å². The molecule has 3 aromatic carbocycles. The third kappa shape index (κ3) is 3.52. The standard InChI is InChI=1S/C19H15ClO2S/c1-23-15-9-10-18(20)17(11-15)19(21)22-12-14-7-4-6-13-5-2-3-8-16(13)14/h2-11H,12H2,1H3. The first-order valence-electron chi connectivity index (χ1n) is 7.16. The van der Waals surface area contributed by atoms with E-state index in [1.165, 1.54) is 0 Å². The molecule has 0 saturated heterocycles. The molecule has 23 heavy (non-hydrogen) atoms. The van der Waals surface area contributed by atoms with Gasteiger partial charge < -0.3 is 4.74 Å². The van der Waals surface area contributed by atoms with Gasteiger partial charge in [0.25, 0.3) is 0 Å². The van der Waals surface area contributed by atoms with Crippen molar-refractivity contribution in [3.05, 3.63) is 76.8 Å². The maximum absolute atomic E-state index is 12.3. The molecule has 0 aliphatic heterocycles. The first-order chi connectivity index (χ1) is 11.2. The third-order valence-corrected chi connectivity index (χ3v) is 4.69. The molecule has 0 fully saturated rings. The minimum Gasteiger partial charge on any atom is -0.457 e. The summed E-state index contributed by atoms with van der Waals surface area (Å²) in [6.07, 6.45) is 1.95. The van der Waals surface area contributed by atoms with Crippen molar-refractivity contribution < 1.29 is 9.53 Å². The lowest BCUT2D eigenvalue weighted by atomic mass is 10.1. The predicted octanol–water partition coefficient (Wildman–Crippen LogP) is 5.57. The molecular weight excluding hydrogens is 328 g/mol. The summed E-state index contributed by atoms with van der Waals surface area (Å²) in [5, 5.41) is 2.63. The number of carbonyl (C=O) groups is 1. The minimum absolute atomic E-state index is 0.222. The molecule has 0 aromatic heterocycles. The molecule has 4 heteroatoms. The lowest BCUT2D eigenvalue weighted by Gasteiger charge is -2.09. The highest BCUT2D eigenvalue weighted by molar-refractivity contribution is 7.98. The Labute approximate surface area is 144 Å². The van der Waals surface area contributed by atoms with Crippen molar-refractivity contribution in [2.45, 2.75) is 11.5 Å². The largest absolute Gasteiger partial charge is 0.457 e. The Morgan fingerprint density at radius 2 is 1.87 bits per heavy atom. The molecule has 0 aliphatic rings. The number of fused-ring (bicyclic) bond motifs is 1. The van der Waals surface area contributed by atoms with Crippen molar-refractivity contribution in [2.24, 2.45) is 0 Å². The van der Waals surface area contributed by atoms with Crippen LogP contribution < -0.4 is 0 Å². The van der Waals surface area contributed by atoms with Crippen molar-refractivity contribution in [3.63, 3.8) is 0 Å². The van der Waals surface area contributed by atoms with Gasteiger partial charge in [-0.2, -0.15) is 0 Å². The second-order valence-corrected chi connectivity index (χ2v) is 6.35. The molecule has 3 rings (SSSR count). The van der Waals surface area contributed by atoms with Crippen LogP contribution in [0.3, 0.4) is 0 Å². The summed E-state index contributed by atoms with van der Waals surface area (Å²) in [5.41, 5.74) is 1.38. The van der Waals surface area contributed by atoms with E-state index in [1.54, 1.807) is 23.9 Å². The van der Waals surface area contributed by atoms with Crippen molar-refractivity contribution in [2.75, 3.05) is 6.26 Å². The van der Waals surface area contributed by atoms with Gasteiger partial charge in [0.2, 0.25) is 0 Å². The van der Waals surface area contributed by atoms with Crippen molar-refractivity contribution in [1.29, 1.82) is 0 Å². The molecule has 3 aromatic rings. The highest BCUT2D eigenvalue weighted by Gasteiger charge is 2.13. The monoisotopic (exact) mass is 342 g/mol. The Morgan fingerprint density at radius 1 is 1.09 bits per heavy atom. The Balaban J connectivity index is 1.81. The summed E-state index contributed by atoms with van der Waals surface area (Å²) >= 11 is 7.67. The topological polar surface area (TPSA) is 26.3 Å². The Hall–Kier alpha value is -1.97. The quantitative estimate of drug-likeness (QED) is 0.458. The molecule has 116 valence electrons. The zero-order valence-corrected chi connectivity index (χ0v) is 14.2. The van der Waals surface area contributed by atoms with E-state index in [4.69, 9.17) is 16.3 Å². The Kier molecular flexibility index (Phi) is 4.89. The second kappa shape index (κ2) is 7.07. The number of hydrogen-bond donors (Lipinski definition) is 0. The molecule has 0 amide bonds. The molecule has 0 aliphatic carbocycles. The van der Waals surface area contributed by atoms with Gasteiger partial charge in [0, 0.05) is 4.90 Å². The van der Waals surface area contributed by atoms with Crippen LogP contribution in [0.1, 0.15) is 15.9 Å². The average molecular weight is 343 g/mol. The number of benzene rings is 3. The molecular formula is C19H15ClO2S.